The molecular formula is C30H31F6N2O2+. The van der Waals surface area contributed by atoms with Crippen LogP contribution in [-0.2, 0) is 23.6 Å². The molecule has 0 saturated carbocycles. The van der Waals surface area contributed by atoms with Gasteiger partial charge < -0.3 is 14.0 Å². The van der Waals surface area contributed by atoms with Crippen LogP contribution in [0.15, 0.2) is 61.3 Å². The number of fused-ring (bicyclic) bond motifs is 4. The molecule has 10 heteroatoms. The maximum atomic E-state index is 14.1. The molecule has 2 aromatic carbocycles. The van der Waals surface area contributed by atoms with Gasteiger partial charge in [-0.05, 0) is 53.9 Å². The molecule has 3 saturated heterocycles. The summed E-state index contributed by atoms with van der Waals surface area (Å²) in [6.45, 7) is 4.76. The molecule has 1 aromatic heterocycles. The Morgan fingerprint density at radius 1 is 1.05 bits per heavy atom. The maximum Gasteiger partial charge on any atom is 0.416 e. The summed E-state index contributed by atoms with van der Waals surface area (Å²) in [5.74, 6) is 0.916. The van der Waals surface area contributed by atoms with E-state index in [1.165, 1.54) is 0 Å². The quantitative estimate of drug-likeness (QED) is 0.168. The molecule has 3 fully saturated rings. The van der Waals surface area contributed by atoms with Crippen molar-refractivity contribution in [2.45, 2.75) is 43.9 Å². The standard InChI is InChI=1S/C30H31F6N2O2/c1-4-18-16-38(17-20-13-21(29(31,32)33)5-7-25(20)30(34,35)36)12-10-19(18)14-27(38)28(40-3)23-9-11-37-26-8-6-22(39-2)15-24(23)26/h4-9,11,13,15,18-19,27-28H,1,10,12,14,16-17H2,2-3H3/q+1/t18?,19?,27-,28+,38?/m1/s1. The van der Waals surface area contributed by atoms with Gasteiger partial charge in [-0.3, -0.25) is 4.98 Å². The fourth-order valence-corrected chi connectivity index (χ4v) is 6.89. The topological polar surface area (TPSA) is 31.4 Å². The Balaban J connectivity index is 1.65. The Bertz CT molecular complexity index is 1410. The number of piperidine rings is 3. The van der Waals surface area contributed by atoms with Crippen molar-refractivity contribution in [1.29, 1.82) is 0 Å². The molecule has 4 nitrogen and oxygen atoms in total. The number of benzene rings is 2. The molecular weight excluding hydrogens is 534 g/mol. The van der Waals surface area contributed by atoms with E-state index in [1.807, 2.05) is 24.3 Å². The van der Waals surface area contributed by atoms with E-state index in [0.717, 1.165) is 17.4 Å². The summed E-state index contributed by atoms with van der Waals surface area (Å²) in [6, 6.07) is 8.75. The van der Waals surface area contributed by atoms with E-state index < -0.39 is 29.6 Å². The Hall–Kier alpha value is -3.11. The summed E-state index contributed by atoms with van der Waals surface area (Å²) in [7, 11) is 3.12. The van der Waals surface area contributed by atoms with Crippen LogP contribution >= 0.6 is 0 Å². The van der Waals surface area contributed by atoms with Crippen molar-refractivity contribution >= 4 is 10.9 Å². The zero-order chi connectivity index (χ0) is 28.9. The zero-order valence-corrected chi connectivity index (χ0v) is 22.2. The average molecular weight is 566 g/mol. The van der Waals surface area contributed by atoms with Crippen LogP contribution in [0.5, 0.6) is 5.75 Å². The van der Waals surface area contributed by atoms with Gasteiger partial charge >= 0.3 is 12.4 Å². The number of quaternary nitrogens is 1. The number of hydrogen-bond acceptors (Lipinski definition) is 3. The SMILES string of the molecule is C=CC1C[N+]2(Cc3cc(C(F)(F)F)ccc3C(F)(F)F)CCC1C[C@@H]2[C@@H](OC)c1ccnc2ccc(OC)cc12. The lowest BCUT2D eigenvalue weighted by Crippen LogP contribution is -2.67. The molecule has 5 atom stereocenters. The second-order valence-corrected chi connectivity index (χ2v) is 10.8. The van der Waals surface area contributed by atoms with E-state index in [4.69, 9.17) is 9.47 Å². The van der Waals surface area contributed by atoms with Gasteiger partial charge in [-0.1, -0.05) is 6.08 Å². The summed E-state index contributed by atoms with van der Waals surface area (Å²) < 4.78 is 94.9. The van der Waals surface area contributed by atoms with E-state index in [-0.39, 0.29) is 34.5 Å². The number of alkyl halides is 6. The van der Waals surface area contributed by atoms with Crippen molar-refractivity contribution in [3.8, 4) is 5.75 Å². The average Bonchev–Trinajstić information content (AvgIpc) is 2.92. The molecule has 0 amide bonds. The van der Waals surface area contributed by atoms with Crippen LogP contribution in [0.3, 0.4) is 0 Å². The fourth-order valence-electron chi connectivity index (χ4n) is 6.89. The number of rotatable bonds is 7. The normalized spacial score (nSPS) is 25.6. The van der Waals surface area contributed by atoms with Crippen LogP contribution in [0.25, 0.3) is 10.9 Å². The van der Waals surface area contributed by atoms with Gasteiger partial charge in [0.15, 0.2) is 0 Å². The number of hydrogen-bond donors (Lipinski definition) is 0. The highest BCUT2D eigenvalue weighted by molar-refractivity contribution is 5.84. The summed E-state index contributed by atoms with van der Waals surface area (Å²) in [5.41, 5.74) is -0.956. The lowest BCUT2D eigenvalue weighted by Gasteiger charge is -2.58. The third-order valence-electron chi connectivity index (χ3n) is 8.79. The minimum Gasteiger partial charge on any atom is -0.497 e. The predicted octanol–water partition coefficient (Wildman–Crippen LogP) is 7.58. The van der Waals surface area contributed by atoms with E-state index >= 15 is 0 Å². The highest BCUT2D eigenvalue weighted by atomic mass is 19.4. The zero-order valence-electron chi connectivity index (χ0n) is 22.2. The Labute approximate surface area is 228 Å². The van der Waals surface area contributed by atoms with E-state index in [1.54, 1.807) is 26.5 Å². The first-order chi connectivity index (χ1) is 18.9. The molecule has 3 aromatic rings. The number of aromatic nitrogens is 1. The number of methoxy groups -OCH3 is 2. The van der Waals surface area contributed by atoms with Gasteiger partial charge in [0.2, 0.25) is 0 Å². The molecule has 0 N–H and O–H groups in total. The largest absolute Gasteiger partial charge is 0.497 e. The molecule has 214 valence electrons. The van der Waals surface area contributed by atoms with Gasteiger partial charge in [0.05, 0.1) is 36.8 Å². The maximum absolute atomic E-state index is 14.1. The van der Waals surface area contributed by atoms with Crippen molar-refractivity contribution in [1.82, 2.24) is 4.98 Å². The van der Waals surface area contributed by atoms with Crippen LogP contribution in [0.1, 0.15) is 41.2 Å². The summed E-state index contributed by atoms with van der Waals surface area (Å²) in [4.78, 5) is 4.45. The van der Waals surface area contributed by atoms with E-state index in [9.17, 15) is 26.3 Å². The molecule has 0 aliphatic carbocycles. The monoisotopic (exact) mass is 565 g/mol. The highest BCUT2D eigenvalue weighted by Crippen LogP contribution is 2.50. The van der Waals surface area contributed by atoms with Crippen LogP contribution in [-0.4, -0.2) is 42.8 Å². The third-order valence-corrected chi connectivity index (χ3v) is 8.79. The van der Waals surface area contributed by atoms with Crippen molar-refractivity contribution < 1.29 is 40.3 Å². The first kappa shape index (κ1) is 28.4. The van der Waals surface area contributed by atoms with Crippen molar-refractivity contribution in [3.05, 3.63) is 83.6 Å². The van der Waals surface area contributed by atoms with Gasteiger partial charge in [0.25, 0.3) is 0 Å². The number of pyridine rings is 1. The molecule has 40 heavy (non-hydrogen) atoms. The number of halogens is 6. The number of nitrogens with zero attached hydrogens (tertiary/aromatic N) is 2. The summed E-state index contributed by atoms with van der Waals surface area (Å²) in [6.07, 6.45) is -5.21. The second kappa shape index (κ2) is 10.4. The lowest BCUT2D eigenvalue weighted by atomic mass is 9.71. The molecule has 3 aliphatic rings. The van der Waals surface area contributed by atoms with Gasteiger partial charge in [-0.2, -0.15) is 26.3 Å². The van der Waals surface area contributed by atoms with Gasteiger partial charge in [-0.15, -0.1) is 6.58 Å². The number of ether oxygens (including phenoxy) is 2. The predicted molar refractivity (Wildman–Crippen MR) is 138 cm³/mol. The fraction of sp³-hybridized carbons (Fsp3) is 0.433. The molecule has 3 aliphatic heterocycles. The first-order valence-electron chi connectivity index (χ1n) is 13.1. The van der Waals surface area contributed by atoms with Crippen molar-refractivity contribution in [2.75, 3.05) is 27.3 Å². The minimum absolute atomic E-state index is 0.0388. The van der Waals surface area contributed by atoms with E-state index in [2.05, 4.69) is 11.6 Å². The van der Waals surface area contributed by atoms with Crippen molar-refractivity contribution in [2.24, 2.45) is 11.8 Å². The van der Waals surface area contributed by atoms with Crippen LogP contribution < -0.4 is 4.74 Å². The molecule has 0 radical (unpaired) electrons. The summed E-state index contributed by atoms with van der Waals surface area (Å²) >= 11 is 0. The Morgan fingerprint density at radius 3 is 2.48 bits per heavy atom. The van der Waals surface area contributed by atoms with Crippen LogP contribution in [0.4, 0.5) is 26.3 Å². The Morgan fingerprint density at radius 2 is 1.82 bits per heavy atom. The molecule has 2 bridgehead atoms. The molecule has 3 unspecified atom stereocenters. The lowest BCUT2D eigenvalue weighted by molar-refractivity contribution is -0.985. The smallest absolute Gasteiger partial charge is 0.416 e. The van der Waals surface area contributed by atoms with Crippen molar-refractivity contribution in [3.63, 3.8) is 0 Å². The molecule has 4 heterocycles. The Kier molecular flexibility index (Phi) is 7.37. The van der Waals surface area contributed by atoms with Crippen LogP contribution in [0, 0.1) is 11.8 Å². The summed E-state index contributed by atoms with van der Waals surface area (Å²) in [5, 5.41) is 0.796. The van der Waals surface area contributed by atoms with E-state index in [0.29, 0.717) is 49.0 Å². The van der Waals surface area contributed by atoms with Gasteiger partial charge in [0.1, 0.15) is 24.4 Å². The third kappa shape index (κ3) is 5.07. The van der Waals surface area contributed by atoms with Gasteiger partial charge in [0, 0.05) is 43.0 Å². The van der Waals surface area contributed by atoms with Gasteiger partial charge in [-0.25, -0.2) is 0 Å². The molecule has 0 spiro atoms. The molecule has 6 rings (SSSR count). The second-order valence-electron chi connectivity index (χ2n) is 10.8. The minimum atomic E-state index is -4.79. The highest BCUT2D eigenvalue weighted by Gasteiger charge is 2.55. The van der Waals surface area contributed by atoms with Crippen LogP contribution in [0.2, 0.25) is 0 Å². The first-order valence-corrected chi connectivity index (χ1v) is 13.1.